The number of rotatable bonds is 3. The molecule has 0 heterocycles. The van der Waals surface area contributed by atoms with Crippen molar-refractivity contribution >= 4 is 24.2 Å². The van der Waals surface area contributed by atoms with Gasteiger partial charge in [-0.05, 0) is 17.7 Å². The Bertz CT molecular complexity index is 334. The zero-order chi connectivity index (χ0) is 9.84. The number of halogens is 1. The van der Waals surface area contributed by atoms with E-state index in [1.807, 2.05) is 0 Å². The lowest BCUT2D eigenvalue weighted by Crippen LogP contribution is -1.96. The molecule has 0 bridgehead atoms. The Labute approximate surface area is 81.5 Å². The fraction of sp³-hybridized carbons (Fsp3) is 0.200. The van der Waals surface area contributed by atoms with Crippen LogP contribution in [0.15, 0.2) is 18.2 Å². The lowest BCUT2D eigenvalue weighted by atomic mass is 10.0. The maximum atomic E-state index is 10.5. The molecule has 0 aliphatic rings. The molecule has 0 aliphatic carbocycles. The van der Waals surface area contributed by atoms with Gasteiger partial charge in [0.25, 0.3) is 0 Å². The third-order valence-corrected chi connectivity index (χ3v) is 2.20. The zero-order valence-corrected chi connectivity index (χ0v) is 7.91. The molecule has 0 fully saturated rings. The van der Waals surface area contributed by atoms with Gasteiger partial charge in [0.2, 0.25) is 0 Å². The van der Waals surface area contributed by atoms with E-state index in [9.17, 15) is 9.59 Å². The third-order valence-electron chi connectivity index (χ3n) is 1.85. The van der Waals surface area contributed by atoms with Gasteiger partial charge in [0.05, 0.1) is 0 Å². The van der Waals surface area contributed by atoms with Crippen LogP contribution in [0.5, 0.6) is 0 Å². The fourth-order valence-electron chi connectivity index (χ4n) is 1.06. The number of carbonyl (C=O) groups is 2. The van der Waals surface area contributed by atoms with Crippen molar-refractivity contribution in [3.8, 4) is 0 Å². The minimum Gasteiger partial charge on any atom is -0.303 e. The van der Waals surface area contributed by atoms with Gasteiger partial charge in [-0.2, -0.15) is 0 Å². The van der Waals surface area contributed by atoms with Gasteiger partial charge in [-0.15, -0.1) is 0 Å². The third kappa shape index (κ3) is 2.16. The molecular weight excluding hydrogens is 188 g/mol. The first-order valence-electron chi connectivity index (χ1n) is 3.89. The van der Waals surface area contributed by atoms with Crippen LogP contribution in [0, 0.1) is 0 Å². The van der Waals surface area contributed by atoms with Crippen molar-refractivity contribution in [2.45, 2.75) is 12.8 Å². The highest BCUT2D eigenvalue weighted by atomic mass is 35.5. The molecule has 3 heteroatoms. The Hall–Kier alpha value is -1.15. The molecule has 0 saturated carbocycles. The number of hydrogen-bond donors (Lipinski definition) is 0. The Morgan fingerprint density at radius 2 is 2.08 bits per heavy atom. The SMILES string of the molecule is CC(C=O)c1cc(C=O)ccc1Cl. The van der Waals surface area contributed by atoms with Gasteiger partial charge >= 0.3 is 0 Å². The van der Waals surface area contributed by atoms with Crippen molar-refractivity contribution in [1.29, 1.82) is 0 Å². The molecule has 0 radical (unpaired) electrons. The average Bonchev–Trinajstić information content (AvgIpc) is 2.17. The van der Waals surface area contributed by atoms with E-state index in [0.717, 1.165) is 12.6 Å². The van der Waals surface area contributed by atoms with Crippen LogP contribution in [0.1, 0.15) is 28.8 Å². The highest BCUT2D eigenvalue weighted by molar-refractivity contribution is 6.31. The number of hydrogen-bond acceptors (Lipinski definition) is 2. The molecule has 68 valence electrons. The minimum atomic E-state index is -0.271. The number of benzene rings is 1. The van der Waals surface area contributed by atoms with E-state index in [1.165, 1.54) is 0 Å². The summed E-state index contributed by atoms with van der Waals surface area (Å²) in [5.41, 5.74) is 1.23. The molecule has 13 heavy (non-hydrogen) atoms. The van der Waals surface area contributed by atoms with Gasteiger partial charge < -0.3 is 4.79 Å². The molecule has 1 aromatic carbocycles. The summed E-state index contributed by atoms with van der Waals surface area (Å²) in [6, 6.07) is 4.88. The molecule has 2 nitrogen and oxygen atoms in total. The summed E-state index contributed by atoms with van der Waals surface area (Å²) in [4.78, 5) is 21.0. The summed E-state index contributed by atoms with van der Waals surface area (Å²) in [6.07, 6.45) is 1.53. The first-order valence-corrected chi connectivity index (χ1v) is 4.26. The van der Waals surface area contributed by atoms with Gasteiger partial charge in [0.1, 0.15) is 12.6 Å². The van der Waals surface area contributed by atoms with E-state index in [-0.39, 0.29) is 5.92 Å². The van der Waals surface area contributed by atoms with Crippen LogP contribution >= 0.6 is 11.6 Å². The van der Waals surface area contributed by atoms with Crippen molar-refractivity contribution in [3.63, 3.8) is 0 Å². The predicted octanol–water partition coefficient (Wildman–Crippen LogP) is 2.45. The molecule has 0 aromatic heterocycles. The monoisotopic (exact) mass is 196 g/mol. The molecule has 0 aliphatic heterocycles. The lowest BCUT2D eigenvalue weighted by Gasteiger charge is -2.06. The molecule has 1 unspecified atom stereocenters. The topological polar surface area (TPSA) is 34.1 Å². The molecule has 0 N–H and O–H groups in total. The summed E-state index contributed by atoms with van der Waals surface area (Å²) < 4.78 is 0. The van der Waals surface area contributed by atoms with Crippen LogP contribution in [0.4, 0.5) is 0 Å². The van der Waals surface area contributed by atoms with Crippen LogP contribution < -0.4 is 0 Å². The number of carbonyl (C=O) groups excluding carboxylic acids is 2. The van der Waals surface area contributed by atoms with E-state index in [4.69, 9.17) is 11.6 Å². The standard InChI is InChI=1S/C10H9ClO2/c1-7(5-12)9-4-8(6-13)2-3-10(9)11/h2-7H,1H3. The van der Waals surface area contributed by atoms with E-state index < -0.39 is 0 Å². The van der Waals surface area contributed by atoms with Crippen molar-refractivity contribution in [1.82, 2.24) is 0 Å². The summed E-state index contributed by atoms with van der Waals surface area (Å²) in [7, 11) is 0. The molecule has 1 aromatic rings. The lowest BCUT2D eigenvalue weighted by molar-refractivity contribution is -0.108. The van der Waals surface area contributed by atoms with Crippen molar-refractivity contribution in [3.05, 3.63) is 34.3 Å². The highest BCUT2D eigenvalue weighted by Crippen LogP contribution is 2.23. The Morgan fingerprint density at radius 1 is 1.38 bits per heavy atom. The van der Waals surface area contributed by atoms with Crippen molar-refractivity contribution < 1.29 is 9.59 Å². The normalized spacial score (nSPS) is 12.2. The van der Waals surface area contributed by atoms with Gasteiger partial charge in [-0.25, -0.2) is 0 Å². The quantitative estimate of drug-likeness (QED) is 0.696. The van der Waals surface area contributed by atoms with Crippen LogP contribution in [0.3, 0.4) is 0 Å². The van der Waals surface area contributed by atoms with Gasteiger partial charge in [-0.1, -0.05) is 24.6 Å². The van der Waals surface area contributed by atoms with Gasteiger partial charge in [0.15, 0.2) is 0 Å². The van der Waals surface area contributed by atoms with Gasteiger partial charge in [0, 0.05) is 16.5 Å². The van der Waals surface area contributed by atoms with Crippen LogP contribution in [-0.2, 0) is 4.79 Å². The summed E-state index contributed by atoms with van der Waals surface area (Å²) in [6.45, 7) is 1.74. The van der Waals surface area contributed by atoms with E-state index >= 15 is 0 Å². The molecule has 0 amide bonds. The summed E-state index contributed by atoms with van der Waals surface area (Å²) in [5.74, 6) is -0.271. The van der Waals surface area contributed by atoms with E-state index in [0.29, 0.717) is 16.1 Å². The Morgan fingerprint density at radius 3 is 2.62 bits per heavy atom. The molecule has 1 rings (SSSR count). The maximum Gasteiger partial charge on any atom is 0.150 e. The highest BCUT2D eigenvalue weighted by Gasteiger charge is 2.08. The van der Waals surface area contributed by atoms with E-state index in [1.54, 1.807) is 25.1 Å². The van der Waals surface area contributed by atoms with Crippen LogP contribution in [0.2, 0.25) is 5.02 Å². The van der Waals surface area contributed by atoms with Gasteiger partial charge in [-0.3, -0.25) is 4.79 Å². The molecular formula is C10H9ClO2. The average molecular weight is 197 g/mol. The second kappa shape index (κ2) is 4.19. The first-order chi connectivity index (χ1) is 6.19. The second-order valence-electron chi connectivity index (χ2n) is 2.82. The largest absolute Gasteiger partial charge is 0.303 e. The number of aldehydes is 2. The first kappa shape index (κ1) is 9.93. The smallest absolute Gasteiger partial charge is 0.150 e. The zero-order valence-electron chi connectivity index (χ0n) is 7.16. The summed E-state index contributed by atoms with van der Waals surface area (Å²) in [5, 5.41) is 0.519. The van der Waals surface area contributed by atoms with Crippen molar-refractivity contribution in [2.75, 3.05) is 0 Å². The molecule has 1 atom stereocenters. The van der Waals surface area contributed by atoms with Crippen LogP contribution in [0.25, 0.3) is 0 Å². The minimum absolute atomic E-state index is 0.271. The molecule has 0 spiro atoms. The molecule has 0 saturated heterocycles. The van der Waals surface area contributed by atoms with Crippen LogP contribution in [-0.4, -0.2) is 12.6 Å². The summed E-state index contributed by atoms with van der Waals surface area (Å²) >= 11 is 5.85. The van der Waals surface area contributed by atoms with Crippen molar-refractivity contribution in [2.24, 2.45) is 0 Å². The predicted molar refractivity (Wildman–Crippen MR) is 51.3 cm³/mol. The Balaban J connectivity index is 3.17. The van der Waals surface area contributed by atoms with E-state index in [2.05, 4.69) is 0 Å². The maximum absolute atomic E-state index is 10.5. The Kier molecular flexibility index (Phi) is 3.20. The fourth-order valence-corrected chi connectivity index (χ4v) is 1.35. The second-order valence-corrected chi connectivity index (χ2v) is 3.23.